The van der Waals surface area contributed by atoms with Crippen LogP contribution in [-0.4, -0.2) is 23.8 Å². The molecule has 1 N–H and O–H groups in total. The molecule has 13 heavy (non-hydrogen) atoms. The lowest BCUT2D eigenvalue weighted by atomic mass is 9.88. The topological polar surface area (TPSA) is 46.5 Å². The molecule has 0 spiro atoms. The van der Waals surface area contributed by atoms with Crippen molar-refractivity contribution in [3.05, 3.63) is 0 Å². The van der Waals surface area contributed by atoms with Crippen LogP contribution in [0.1, 0.15) is 33.1 Å². The zero-order valence-corrected chi connectivity index (χ0v) is 8.17. The Balaban J connectivity index is 2.21. The van der Waals surface area contributed by atoms with E-state index in [0.717, 1.165) is 25.9 Å². The summed E-state index contributed by atoms with van der Waals surface area (Å²) in [7, 11) is 0. The van der Waals surface area contributed by atoms with Gasteiger partial charge in [0.2, 0.25) is 0 Å². The molecule has 3 nitrogen and oxygen atoms in total. The third kappa shape index (κ3) is 1.03. The molecule has 1 aliphatic heterocycles. The molecule has 1 aliphatic carbocycles. The quantitative estimate of drug-likeness (QED) is 0.710. The van der Waals surface area contributed by atoms with E-state index in [1.54, 1.807) is 0 Å². The van der Waals surface area contributed by atoms with Crippen LogP contribution in [0.15, 0.2) is 0 Å². The summed E-state index contributed by atoms with van der Waals surface area (Å²) in [5.74, 6) is -0.676. The molecular weight excluding hydrogens is 168 g/mol. The first-order valence-electron chi connectivity index (χ1n) is 4.86. The van der Waals surface area contributed by atoms with Gasteiger partial charge in [0.1, 0.15) is 0 Å². The maximum absolute atomic E-state index is 11.2. The standard InChI is InChI=1S/C10H16O3/c1-9(2)6-10(9,8(11)12)7-4-3-5-13-7/h7H,3-6H2,1-2H3,(H,11,12). The Kier molecular flexibility index (Phi) is 1.71. The van der Waals surface area contributed by atoms with Gasteiger partial charge in [-0.25, -0.2) is 0 Å². The van der Waals surface area contributed by atoms with E-state index >= 15 is 0 Å². The van der Waals surface area contributed by atoms with Gasteiger partial charge in [-0.2, -0.15) is 0 Å². The van der Waals surface area contributed by atoms with Crippen molar-refractivity contribution in [1.82, 2.24) is 0 Å². The van der Waals surface area contributed by atoms with Gasteiger partial charge in [-0.05, 0) is 24.7 Å². The van der Waals surface area contributed by atoms with E-state index in [2.05, 4.69) is 0 Å². The van der Waals surface area contributed by atoms with Crippen LogP contribution in [-0.2, 0) is 9.53 Å². The largest absolute Gasteiger partial charge is 0.481 e. The number of hydrogen-bond acceptors (Lipinski definition) is 2. The summed E-state index contributed by atoms with van der Waals surface area (Å²) in [6.07, 6.45) is 2.64. The zero-order chi connectivity index (χ0) is 9.69. The van der Waals surface area contributed by atoms with Crippen molar-refractivity contribution < 1.29 is 14.6 Å². The molecule has 1 saturated carbocycles. The molecule has 0 radical (unpaired) electrons. The van der Waals surface area contributed by atoms with Crippen LogP contribution in [0, 0.1) is 10.8 Å². The Hall–Kier alpha value is -0.570. The summed E-state index contributed by atoms with van der Waals surface area (Å²) in [6, 6.07) is 0. The first-order valence-corrected chi connectivity index (χ1v) is 4.86. The van der Waals surface area contributed by atoms with Crippen molar-refractivity contribution in [2.75, 3.05) is 6.61 Å². The van der Waals surface area contributed by atoms with E-state index in [-0.39, 0.29) is 11.5 Å². The van der Waals surface area contributed by atoms with E-state index in [1.807, 2.05) is 13.8 Å². The molecule has 0 aromatic carbocycles. The second-order valence-electron chi connectivity index (χ2n) is 4.84. The Labute approximate surface area is 78.1 Å². The maximum Gasteiger partial charge on any atom is 0.312 e. The monoisotopic (exact) mass is 184 g/mol. The van der Waals surface area contributed by atoms with Crippen molar-refractivity contribution in [2.45, 2.75) is 39.2 Å². The van der Waals surface area contributed by atoms with E-state index in [0.29, 0.717) is 0 Å². The number of hydrogen-bond donors (Lipinski definition) is 1. The predicted molar refractivity (Wildman–Crippen MR) is 47.4 cm³/mol. The molecule has 1 heterocycles. The van der Waals surface area contributed by atoms with Crippen molar-refractivity contribution in [3.8, 4) is 0 Å². The number of aliphatic carboxylic acids is 1. The molecule has 0 aromatic heterocycles. The minimum atomic E-state index is -0.676. The second kappa shape index (κ2) is 2.47. The average Bonchev–Trinajstić information content (AvgIpc) is 2.52. The molecule has 74 valence electrons. The summed E-state index contributed by atoms with van der Waals surface area (Å²) in [5, 5.41) is 9.22. The molecule has 0 amide bonds. The number of rotatable bonds is 2. The van der Waals surface area contributed by atoms with Crippen molar-refractivity contribution in [1.29, 1.82) is 0 Å². The van der Waals surface area contributed by atoms with Crippen LogP contribution < -0.4 is 0 Å². The average molecular weight is 184 g/mol. The summed E-state index contributed by atoms with van der Waals surface area (Å²) in [4.78, 5) is 11.2. The highest BCUT2D eigenvalue weighted by molar-refractivity contribution is 5.80. The van der Waals surface area contributed by atoms with Gasteiger partial charge in [-0.15, -0.1) is 0 Å². The highest BCUT2D eigenvalue weighted by Crippen LogP contribution is 2.67. The molecule has 2 atom stereocenters. The number of carboxylic acid groups (broad SMARTS) is 1. The molecule has 2 aliphatic rings. The lowest BCUT2D eigenvalue weighted by Crippen LogP contribution is -2.33. The number of carboxylic acids is 1. The molecule has 3 heteroatoms. The Morgan fingerprint density at radius 1 is 1.54 bits per heavy atom. The van der Waals surface area contributed by atoms with Crippen molar-refractivity contribution in [3.63, 3.8) is 0 Å². The molecule has 0 bridgehead atoms. The Bertz CT molecular complexity index is 241. The number of ether oxygens (including phenoxy) is 1. The number of carbonyl (C=O) groups is 1. The van der Waals surface area contributed by atoms with Gasteiger partial charge < -0.3 is 9.84 Å². The van der Waals surface area contributed by atoms with Gasteiger partial charge in [-0.3, -0.25) is 4.79 Å². The summed E-state index contributed by atoms with van der Waals surface area (Å²) in [5.41, 5.74) is -0.655. The van der Waals surface area contributed by atoms with Crippen LogP contribution in [0.5, 0.6) is 0 Å². The SMILES string of the molecule is CC1(C)CC1(C(=O)O)C1CCCO1. The van der Waals surface area contributed by atoms with E-state index in [1.165, 1.54) is 0 Å². The maximum atomic E-state index is 11.2. The van der Waals surface area contributed by atoms with Crippen LogP contribution in [0.4, 0.5) is 0 Å². The third-order valence-corrected chi connectivity index (χ3v) is 3.66. The third-order valence-electron chi connectivity index (χ3n) is 3.66. The summed E-state index contributed by atoms with van der Waals surface area (Å²) < 4.78 is 5.50. The lowest BCUT2D eigenvalue weighted by molar-refractivity contribution is -0.150. The first kappa shape index (κ1) is 9.00. The Morgan fingerprint density at radius 3 is 2.46 bits per heavy atom. The smallest absolute Gasteiger partial charge is 0.312 e. The summed E-state index contributed by atoms with van der Waals surface area (Å²) in [6.45, 7) is 4.77. The van der Waals surface area contributed by atoms with Gasteiger partial charge in [0.15, 0.2) is 0 Å². The van der Waals surface area contributed by atoms with Gasteiger partial charge in [0.25, 0.3) is 0 Å². The summed E-state index contributed by atoms with van der Waals surface area (Å²) >= 11 is 0. The van der Waals surface area contributed by atoms with Crippen LogP contribution in [0.2, 0.25) is 0 Å². The molecule has 2 fully saturated rings. The fourth-order valence-corrected chi connectivity index (χ4v) is 2.67. The van der Waals surface area contributed by atoms with Gasteiger partial charge in [-0.1, -0.05) is 13.8 Å². The second-order valence-corrected chi connectivity index (χ2v) is 4.84. The minimum Gasteiger partial charge on any atom is -0.481 e. The lowest BCUT2D eigenvalue weighted by Gasteiger charge is -2.21. The minimum absolute atomic E-state index is 0.0417. The predicted octanol–water partition coefficient (Wildman–Crippen LogP) is 1.67. The zero-order valence-electron chi connectivity index (χ0n) is 8.17. The van der Waals surface area contributed by atoms with E-state index in [4.69, 9.17) is 4.74 Å². The van der Waals surface area contributed by atoms with Crippen molar-refractivity contribution in [2.24, 2.45) is 10.8 Å². The van der Waals surface area contributed by atoms with Gasteiger partial charge >= 0.3 is 5.97 Å². The molecular formula is C10H16O3. The first-order chi connectivity index (χ1) is 6.01. The highest BCUT2D eigenvalue weighted by Gasteiger charge is 2.71. The Morgan fingerprint density at radius 2 is 2.15 bits per heavy atom. The molecule has 1 saturated heterocycles. The highest BCUT2D eigenvalue weighted by atomic mass is 16.5. The molecule has 2 rings (SSSR count). The molecule has 0 aromatic rings. The van der Waals surface area contributed by atoms with Crippen LogP contribution >= 0.6 is 0 Å². The van der Waals surface area contributed by atoms with Gasteiger partial charge in [0, 0.05) is 6.61 Å². The van der Waals surface area contributed by atoms with E-state index < -0.39 is 11.4 Å². The normalized spacial score (nSPS) is 41.8. The van der Waals surface area contributed by atoms with Crippen LogP contribution in [0.3, 0.4) is 0 Å². The fraction of sp³-hybridized carbons (Fsp3) is 0.900. The van der Waals surface area contributed by atoms with E-state index in [9.17, 15) is 9.90 Å². The van der Waals surface area contributed by atoms with Crippen molar-refractivity contribution >= 4 is 5.97 Å². The van der Waals surface area contributed by atoms with Crippen LogP contribution in [0.25, 0.3) is 0 Å². The molecule has 2 unspecified atom stereocenters. The van der Waals surface area contributed by atoms with Gasteiger partial charge in [0.05, 0.1) is 11.5 Å². The fourth-order valence-electron chi connectivity index (χ4n) is 2.67.